The van der Waals surface area contributed by atoms with Gasteiger partial charge in [-0.3, -0.25) is 18.7 Å². The molecule has 1 aromatic heterocycles. The van der Waals surface area contributed by atoms with E-state index < -0.39 is 5.97 Å². The van der Waals surface area contributed by atoms with Crippen LogP contribution >= 0.6 is 0 Å². The van der Waals surface area contributed by atoms with Gasteiger partial charge in [-0.15, -0.1) is 0 Å². The van der Waals surface area contributed by atoms with Crippen molar-refractivity contribution in [3.05, 3.63) is 70.1 Å². The van der Waals surface area contributed by atoms with E-state index in [0.29, 0.717) is 13.1 Å². The standard InChI is InChI=1S/C23H27N3O4/c1-3-13-25-19-10-6-7-11-20(19)26(23(25)29)14-12-22(28)30-16-21(27)24-15-18-9-5-4-8-17(18)2/h4-11H,3,12-16H2,1-2H3,(H,24,27). The topological polar surface area (TPSA) is 82.3 Å². The Bertz CT molecular complexity index is 1100. The van der Waals surface area contributed by atoms with Crippen molar-refractivity contribution < 1.29 is 14.3 Å². The molecule has 3 rings (SSSR count). The SMILES string of the molecule is CCCn1c(=O)n(CCC(=O)OCC(=O)NCc2ccccc2C)c2ccccc21. The molecule has 7 heteroatoms. The van der Waals surface area contributed by atoms with Crippen LogP contribution in [0.15, 0.2) is 53.3 Å². The van der Waals surface area contributed by atoms with Crippen LogP contribution in [0.1, 0.15) is 30.9 Å². The zero-order chi connectivity index (χ0) is 21.5. The number of hydrogen-bond donors (Lipinski definition) is 1. The van der Waals surface area contributed by atoms with Crippen molar-refractivity contribution in [2.24, 2.45) is 0 Å². The highest BCUT2D eigenvalue weighted by molar-refractivity contribution is 5.80. The van der Waals surface area contributed by atoms with Gasteiger partial charge in [0.25, 0.3) is 5.91 Å². The average molecular weight is 409 g/mol. The van der Waals surface area contributed by atoms with Gasteiger partial charge >= 0.3 is 11.7 Å². The Hall–Kier alpha value is -3.35. The Labute approximate surface area is 175 Å². The van der Waals surface area contributed by atoms with Crippen molar-refractivity contribution in [1.82, 2.24) is 14.5 Å². The normalized spacial score (nSPS) is 10.9. The molecule has 7 nitrogen and oxygen atoms in total. The Morgan fingerprint density at radius 1 is 0.967 bits per heavy atom. The van der Waals surface area contributed by atoms with E-state index >= 15 is 0 Å². The van der Waals surface area contributed by atoms with Crippen molar-refractivity contribution in [2.75, 3.05) is 6.61 Å². The number of aryl methyl sites for hydroxylation is 3. The number of fused-ring (bicyclic) bond motifs is 1. The molecule has 0 aliphatic heterocycles. The highest BCUT2D eigenvalue weighted by Crippen LogP contribution is 2.13. The van der Waals surface area contributed by atoms with Crippen molar-refractivity contribution in [3.8, 4) is 0 Å². The maximum atomic E-state index is 12.7. The number of imidazole rings is 1. The first-order chi connectivity index (χ1) is 14.5. The monoisotopic (exact) mass is 409 g/mol. The predicted molar refractivity (Wildman–Crippen MR) is 115 cm³/mol. The number of carbonyl (C=O) groups excluding carboxylic acids is 2. The number of benzene rings is 2. The fraction of sp³-hybridized carbons (Fsp3) is 0.348. The number of esters is 1. The second-order valence-corrected chi connectivity index (χ2v) is 7.19. The summed E-state index contributed by atoms with van der Waals surface area (Å²) in [5, 5.41) is 2.74. The Kier molecular flexibility index (Phi) is 7.06. The molecule has 1 N–H and O–H groups in total. The number of hydrogen-bond acceptors (Lipinski definition) is 4. The van der Waals surface area contributed by atoms with E-state index in [-0.39, 0.29) is 31.2 Å². The first kappa shape index (κ1) is 21.4. The van der Waals surface area contributed by atoms with Crippen LogP contribution in [-0.4, -0.2) is 27.6 Å². The molecule has 0 saturated heterocycles. The first-order valence-corrected chi connectivity index (χ1v) is 10.2. The van der Waals surface area contributed by atoms with E-state index in [1.807, 2.05) is 62.4 Å². The molecule has 30 heavy (non-hydrogen) atoms. The maximum Gasteiger partial charge on any atom is 0.329 e. The van der Waals surface area contributed by atoms with E-state index in [2.05, 4.69) is 5.32 Å². The van der Waals surface area contributed by atoms with Gasteiger partial charge in [-0.25, -0.2) is 4.79 Å². The fourth-order valence-corrected chi connectivity index (χ4v) is 3.40. The summed E-state index contributed by atoms with van der Waals surface area (Å²) in [6.07, 6.45) is 0.860. The van der Waals surface area contributed by atoms with E-state index in [0.717, 1.165) is 28.6 Å². The van der Waals surface area contributed by atoms with Crippen molar-refractivity contribution in [1.29, 1.82) is 0 Å². The van der Waals surface area contributed by atoms with E-state index in [9.17, 15) is 14.4 Å². The summed E-state index contributed by atoms with van der Waals surface area (Å²) in [5.74, 6) is -0.872. The highest BCUT2D eigenvalue weighted by atomic mass is 16.5. The summed E-state index contributed by atoms with van der Waals surface area (Å²) in [7, 11) is 0. The Morgan fingerprint density at radius 2 is 1.60 bits per heavy atom. The summed E-state index contributed by atoms with van der Waals surface area (Å²) in [4.78, 5) is 36.8. The lowest BCUT2D eigenvalue weighted by atomic mass is 10.1. The quantitative estimate of drug-likeness (QED) is 0.551. The van der Waals surface area contributed by atoms with E-state index in [1.165, 1.54) is 0 Å². The number of aromatic nitrogens is 2. The molecule has 0 spiro atoms. The number of rotatable bonds is 9. The lowest BCUT2D eigenvalue weighted by Crippen LogP contribution is -2.29. The van der Waals surface area contributed by atoms with Crippen LogP contribution in [0.2, 0.25) is 0 Å². The second kappa shape index (κ2) is 9.91. The molecule has 0 atom stereocenters. The molecular weight excluding hydrogens is 382 g/mol. The van der Waals surface area contributed by atoms with Crippen molar-refractivity contribution in [3.63, 3.8) is 0 Å². The number of ether oxygens (including phenoxy) is 1. The molecule has 0 saturated carbocycles. The van der Waals surface area contributed by atoms with Gasteiger partial charge in [0.15, 0.2) is 6.61 Å². The lowest BCUT2D eigenvalue weighted by Gasteiger charge is -2.09. The third-order valence-corrected chi connectivity index (χ3v) is 5.01. The van der Waals surface area contributed by atoms with Crippen LogP contribution < -0.4 is 11.0 Å². The minimum atomic E-state index is -0.514. The summed E-state index contributed by atoms with van der Waals surface area (Å²) in [6.45, 7) is 4.87. The van der Waals surface area contributed by atoms with Crippen LogP contribution in [0.25, 0.3) is 11.0 Å². The fourth-order valence-electron chi connectivity index (χ4n) is 3.40. The van der Waals surface area contributed by atoms with E-state index in [4.69, 9.17) is 4.74 Å². The zero-order valence-electron chi connectivity index (χ0n) is 17.4. The number of para-hydroxylation sites is 2. The maximum absolute atomic E-state index is 12.7. The van der Waals surface area contributed by atoms with Gasteiger partial charge in [0, 0.05) is 19.6 Å². The molecule has 3 aromatic rings. The van der Waals surface area contributed by atoms with Gasteiger partial charge in [-0.05, 0) is 36.6 Å². The highest BCUT2D eigenvalue weighted by Gasteiger charge is 2.14. The minimum Gasteiger partial charge on any atom is -0.456 e. The Balaban J connectivity index is 1.53. The molecule has 158 valence electrons. The largest absolute Gasteiger partial charge is 0.456 e. The van der Waals surface area contributed by atoms with Gasteiger partial charge in [0.05, 0.1) is 17.5 Å². The molecule has 0 aliphatic carbocycles. The molecule has 0 radical (unpaired) electrons. The van der Waals surface area contributed by atoms with Crippen molar-refractivity contribution >= 4 is 22.9 Å². The molecule has 0 unspecified atom stereocenters. The smallest absolute Gasteiger partial charge is 0.329 e. The van der Waals surface area contributed by atoms with Gasteiger partial charge in [-0.2, -0.15) is 0 Å². The van der Waals surface area contributed by atoms with Gasteiger partial charge in [-0.1, -0.05) is 43.3 Å². The van der Waals surface area contributed by atoms with Gasteiger partial charge in [0.2, 0.25) is 0 Å². The molecule has 0 aliphatic rings. The Morgan fingerprint density at radius 3 is 2.27 bits per heavy atom. The minimum absolute atomic E-state index is 0.0190. The number of nitrogens with one attached hydrogen (secondary N) is 1. The molecule has 1 amide bonds. The van der Waals surface area contributed by atoms with Gasteiger partial charge < -0.3 is 10.1 Å². The predicted octanol–water partition coefficient (Wildman–Crippen LogP) is 2.77. The van der Waals surface area contributed by atoms with Crippen LogP contribution in [0.4, 0.5) is 0 Å². The van der Waals surface area contributed by atoms with E-state index in [1.54, 1.807) is 9.13 Å². The first-order valence-electron chi connectivity index (χ1n) is 10.2. The van der Waals surface area contributed by atoms with Crippen LogP contribution in [0.3, 0.4) is 0 Å². The molecular formula is C23H27N3O4. The lowest BCUT2D eigenvalue weighted by molar-refractivity contribution is -0.148. The van der Waals surface area contributed by atoms with Crippen LogP contribution in [-0.2, 0) is 34.0 Å². The van der Waals surface area contributed by atoms with Crippen LogP contribution in [0, 0.1) is 6.92 Å². The van der Waals surface area contributed by atoms with Crippen molar-refractivity contribution in [2.45, 2.75) is 46.3 Å². The number of amides is 1. The third-order valence-electron chi connectivity index (χ3n) is 5.01. The second-order valence-electron chi connectivity index (χ2n) is 7.19. The van der Waals surface area contributed by atoms with Crippen LogP contribution in [0.5, 0.6) is 0 Å². The number of nitrogens with zero attached hydrogens (tertiary/aromatic N) is 2. The molecule has 0 bridgehead atoms. The number of carbonyl (C=O) groups is 2. The molecule has 1 heterocycles. The summed E-state index contributed by atoms with van der Waals surface area (Å²) < 4.78 is 8.39. The zero-order valence-corrected chi connectivity index (χ0v) is 17.4. The summed E-state index contributed by atoms with van der Waals surface area (Å²) in [6, 6.07) is 15.3. The molecule has 2 aromatic carbocycles. The molecule has 0 fully saturated rings. The van der Waals surface area contributed by atoms with Gasteiger partial charge in [0.1, 0.15) is 0 Å². The summed E-state index contributed by atoms with van der Waals surface area (Å²) in [5.41, 5.74) is 3.61. The summed E-state index contributed by atoms with van der Waals surface area (Å²) >= 11 is 0. The third kappa shape index (κ3) is 4.97. The average Bonchev–Trinajstić information content (AvgIpc) is 3.01.